The van der Waals surface area contributed by atoms with Gasteiger partial charge in [-0.3, -0.25) is 0 Å². The minimum Gasteiger partial charge on any atom is -0.456 e. The first-order valence-corrected chi connectivity index (χ1v) is 20.7. The lowest BCUT2D eigenvalue weighted by atomic mass is 9.94. The molecule has 3 nitrogen and oxygen atoms in total. The first-order chi connectivity index (χ1) is 30.2. The fourth-order valence-corrected chi connectivity index (χ4v) is 8.74. The summed E-state index contributed by atoms with van der Waals surface area (Å²) in [6, 6.07) is 86.5. The van der Waals surface area contributed by atoms with E-state index < -0.39 is 0 Å². The third kappa shape index (κ3) is 6.78. The third-order valence-corrected chi connectivity index (χ3v) is 11.6. The highest BCUT2D eigenvalue weighted by molar-refractivity contribution is 6.08. The minimum absolute atomic E-state index is 0.859. The molecule has 0 aliphatic carbocycles. The molecule has 0 radical (unpaired) electrons. The maximum absolute atomic E-state index is 6.48. The van der Waals surface area contributed by atoms with Gasteiger partial charge in [0.25, 0.3) is 0 Å². The summed E-state index contributed by atoms with van der Waals surface area (Å²) in [7, 11) is 0. The first kappa shape index (κ1) is 36.0. The average molecular weight is 781 g/mol. The summed E-state index contributed by atoms with van der Waals surface area (Å²) in [5.74, 6) is 0. The molecule has 0 saturated heterocycles. The first-order valence-electron chi connectivity index (χ1n) is 20.7. The normalized spacial score (nSPS) is 11.3. The lowest BCUT2D eigenvalue weighted by Gasteiger charge is -2.29. The molecule has 0 N–H and O–H groups in total. The van der Waals surface area contributed by atoms with E-state index in [2.05, 4.69) is 240 Å². The topological polar surface area (TPSA) is 19.6 Å². The smallest absolute Gasteiger partial charge is 0.137 e. The number of hydrogen-bond donors (Lipinski definition) is 0. The third-order valence-electron chi connectivity index (χ3n) is 11.6. The SMILES string of the molecule is c1ccc(-c2c(N(c3cccc(-c4ccc(-c5cccc(N(c6ccccc6)c6ccccc6)c5)cc4)c3)c3ccc4c(c3)oc3ccccc34)ccc3ccccc23)cc1. The second-order valence-corrected chi connectivity index (χ2v) is 15.3. The van der Waals surface area contributed by atoms with E-state index in [0.29, 0.717) is 0 Å². The Morgan fingerprint density at radius 3 is 1.41 bits per heavy atom. The van der Waals surface area contributed by atoms with Gasteiger partial charge in [0.2, 0.25) is 0 Å². The van der Waals surface area contributed by atoms with E-state index in [1.165, 1.54) is 16.3 Å². The summed E-state index contributed by atoms with van der Waals surface area (Å²) < 4.78 is 6.48. The van der Waals surface area contributed by atoms with Crippen molar-refractivity contribution >= 4 is 66.8 Å². The monoisotopic (exact) mass is 780 g/mol. The summed E-state index contributed by atoms with van der Waals surface area (Å²) in [5, 5.41) is 4.62. The van der Waals surface area contributed by atoms with Crippen molar-refractivity contribution in [3.8, 4) is 33.4 Å². The highest BCUT2D eigenvalue weighted by Gasteiger charge is 2.21. The van der Waals surface area contributed by atoms with E-state index in [0.717, 1.165) is 83.9 Å². The Labute approximate surface area is 355 Å². The summed E-state index contributed by atoms with van der Waals surface area (Å²) in [4.78, 5) is 4.69. The van der Waals surface area contributed by atoms with Gasteiger partial charge in [-0.1, -0.05) is 164 Å². The lowest BCUT2D eigenvalue weighted by molar-refractivity contribution is 0.669. The van der Waals surface area contributed by atoms with Crippen LogP contribution in [0.1, 0.15) is 0 Å². The van der Waals surface area contributed by atoms with Crippen LogP contribution in [-0.2, 0) is 0 Å². The number of nitrogens with zero attached hydrogens (tertiary/aromatic N) is 2. The zero-order chi connectivity index (χ0) is 40.5. The van der Waals surface area contributed by atoms with Crippen LogP contribution < -0.4 is 9.80 Å². The fourth-order valence-electron chi connectivity index (χ4n) is 8.74. The molecule has 0 fully saturated rings. The van der Waals surface area contributed by atoms with Gasteiger partial charge in [0, 0.05) is 50.8 Å². The number of rotatable bonds is 9. The van der Waals surface area contributed by atoms with Crippen molar-refractivity contribution in [2.45, 2.75) is 0 Å². The highest BCUT2D eigenvalue weighted by Crippen LogP contribution is 2.46. The van der Waals surface area contributed by atoms with Crippen molar-refractivity contribution in [1.82, 2.24) is 0 Å². The molecular formula is C58H40N2O. The molecule has 0 atom stereocenters. The Balaban J connectivity index is 1.01. The van der Waals surface area contributed by atoms with Gasteiger partial charge in [-0.05, 0) is 111 Å². The zero-order valence-corrected chi connectivity index (χ0v) is 33.4. The molecule has 0 aliphatic heterocycles. The molecule has 0 amide bonds. The van der Waals surface area contributed by atoms with Gasteiger partial charge in [-0.2, -0.15) is 0 Å². The number of furan rings is 1. The fraction of sp³-hybridized carbons (Fsp3) is 0. The van der Waals surface area contributed by atoms with Gasteiger partial charge in [0.05, 0.1) is 5.69 Å². The van der Waals surface area contributed by atoms with Gasteiger partial charge < -0.3 is 14.2 Å². The Bertz CT molecular complexity index is 3260. The molecular weight excluding hydrogens is 741 g/mol. The Hall–Kier alpha value is -8.14. The van der Waals surface area contributed by atoms with E-state index in [1.807, 2.05) is 12.1 Å². The maximum Gasteiger partial charge on any atom is 0.137 e. The highest BCUT2D eigenvalue weighted by atomic mass is 16.3. The number of para-hydroxylation sites is 3. The summed E-state index contributed by atoms with van der Waals surface area (Å²) in [6.45, 7) is 0. The van der Waals surface area contributed by atoms with E-state index in [1.54, 1.807) is 0 Å². The van der Waals surface area contributed by atoms with Crippen molar-refractivity contribution in [2.24, 2.45) is 0 Å². The van der Waals surface area contributed by atoms with Crippen LogP contribution in [0.4, 0.5) is 34.1 Å². The number of anilines is 6. The van der Waals surface area contributed by atoms with Crippen LogP contribution in [0, 0.1) is 0 Å². The molecule has 0 saturated carbocycles. The van der Waals surface area contributed by atoms with Crippen molar-refractivity contribution in [3.63, 3.8) is 0 Å². The molecule has 0 aliphatic rings. The van der Waals surface area contributed by atoms with Crippen molar-refractivity contribution in [3.05, 3.63) is 243 Å². The van der Waals surface area contributed by atoms with E-state index >= 15 is 0 Å². The van der Waals surface area contributed by atoms with Crippen LogP contribution in [0.15, 0.2) is 247 Å². The van der Waals surface area contributed by atoms with Crippen molar-refractivity contribution < 1.29 is 4.42 Å². The second kappa shape index (κ2) is 15.6. The molecule has 0 bridgehead atoms. The molecule has 0 spiro atoms. The van der Waals surface area contributed by atoms with Crippen molar-refractivity contribution in [2.75, 3.05) is 9.80 Å². The molecule has 0 unspecified atom stereocenters. The van der Waals surface area contributed by atoms with Crippen LogP contribution >= 0.6 is 0 Å². The molecule has 1 heterocycles. The van der Waals surface area contributed by atoms with Gasteiger partial charge in [-0.15, -0.1) is 0 Å². The van der Waals surface area contributed by atoms with Gasteiger partial charge in [-0.25, -0.2) is 0 Å². The van der Waals surface area contributed by atoms with Gasteiger partial charge >= 0.3 is 0 Å². The number of fused-ring (bicyclic) bond motifs is 4. The predicted octanol–water partition coefficient (Wildman–Crippen LogP) is 16.7. The van der Waals surface area contributed by atoms with Gasteiger partial charge in [0.1, 0.15) is 11.2 Å². The minimum atomic E-state index is 0.859. The quantitative estimate of drug-likeness (QED) is 0.145. The molecule has 11 aromatic rings. The molecule has 1 aromatic heterocycles. The van der Waals surface area contributed by atoms with E-state index in [9.17, 15) is 0 Å². The van der Waals surface area contributed by atoms with Gasteiger partial charge in [0.15, 0.2) is 0 Å². The van der Waals surface area contributed by atoms with Crippen LogP contribution in [0.25, 0.3) is 66.1 Å². The lowest BCUT2D eigenvalue weighted by Crippen LogP contribution is -2.11. The molecule has 3 heteroatoms. The van der Waals surface area contributed by atoms with Crippen LogP contribution in [0.2, 0.25) is 0 Å². The Morgan fingerprint density at radius 1 is 0.262 bits per heavy atom. The largest absolute Gasteiger partial charge is 0.456 e. The summed E-state index contributed by atoms with van der Waals surface area (Å²) >= 11 is 0. The zero-order valence-electron chi connectivity index (χ0n) is 33.4. The summed E-state index contributed by atoms with van der Waals surface area (Å²) in [6.07, 6.45) is 0. The predicted molar refractivity (Wildman–Crippen MR) is 257 cm³/mol. The Morgan fingerprint density at radius 2 is 0.754 bits per heavy atom. The van der Waals surface area contributed by atoms with E-state index in [-0.39, 0.29) is 0 Å². The average Bonchev–Trinajstić information content (AvgIpc) is 3.71. The molecule has 11 rings (SSSR count). The number of benzene rings is 10. The molecule has 10 aromatic carbocycles. The molecule has 61 heavy (non-hydrogen) atoms. The Kier molecular flexibility index (Phi) is 9.18. The van der Waals surface area contributed by atoms with Crippen LogP contribution in [0.5, 0.6) is 0 Å². The van der Waals surface area contributed by atoms with Crippen LogP contribution in [0.3, 0.4) is 0 Å². The summed E-state index contributed by atoms with van der Waals surface area (Å²) in [5.41, 5.74) is 15.2. The second-order valence-electron chi connectivity index (χ2n) is 15.3. The standard InChI is InChI=1S/C58H40N2O/c1-4-17-44(18-5-1)58-52-27-11-10-16-43(52)34-37-55(58)60(51-35-36-54-53-28-12-13-29-56(53)61-57(54)40-51)50-26-15-20-46(39-50)42-32-30-41(31-33-42)45-19-14-25-49(38-45)59(47-21-6-2-7-22-47)48-23-8-3-9-24-48/h1-40H. The van der Waals surface area contributed by atoms with Crippen molar-refractivity contribution in [1.29, 1.82) is 0 Å². The van der Waals surface area contributed by atoms with E-state index in [4.69, 9.17) is 4.42 Å². The molecule has 288 valence electrons. The van der Waals surface area contributed by atoms with Crippen LogP contribution in [-0.4, -0.2) is 0 Å². The maximum atomic E-state index is 6.48. The number of hydrogen-bond acceptors (Lipinski definition) is 3.